The van der Waals surface area contributed by atoms with Crippen LogP contribution in [0.3, 0.4) is 0 Å². The van der Waals surface area contributed by atoms with Crippen molar-refractivity contribution in [1.29, 1.82) is 0 Å². The molecule has 0 amide bonds. The van der Waals surface area contributed by atoms with Gasteiger partial charge in [-0.25, -0.2) is 15.0 Å². The summed E-state index contributed by atoms with van der Waals surface area (Å²) in [4.78, 5) is 15.3. The maximum Gasteiger partial charge on any atom is 0.164 e. The summed E-state index contributed by atoms with van der Waals surface area (Å²) in [5.41, 5.74) is 10.0. The number of rotatable bonds is 5. The Morgan fingerprint density at radius 3 is 1.54 bits per heavy atom. The SMILES string of the molecule is Cc1c(-c2nc(-c3ccccc3)nc(-c3ccccc3)n2)cc(-c2ccc(-c3ccccc3)c3ccccc23)c2c1oc1c3ccccc3ccc12. The second kappa shape index (κ2) is 12.1. The molecule has 0 aliphatic heterocycles. The maximum absolute atomic E-state index is 6.98. The van der Waals surface area contributed by atoms with Crippen LogP contribution in [0.2, 0.25) is 0 Å². The summed E-state index contributed by atoms with van der Waals surface area (Å²) >= 11 is 0. The van der Waals surface area contributed by atoms with Gasteiger partial charge in [-0.3, -0.25) is 0 Å². The highest BCUT2D eigenvalue weighted by molar-refractivity contribution is 6.22. The largest absolute Gasteiger partial charge is 0.455 e. The average molecular weight is 666 g/mol. The summed E-state index contributed by atoms with van der Waals surface area (Å²) in [5.74, 6) is 1.85. The molecule has 0 aliphatic rings. The number of furan rings is 1. The third-order valence-corrected chi connectivity index (χ3v) is 10.1. The number of fused-ring (bicyclic) bond motifs is 6. The highest BCUT2D eigenvalue weighted by Crippen LogP contribution is 2.46. The second-order valence-corrected chi connectivity index (χ2v) is 13.2. The highest BCUT2D eigenvalue weighted by atomic mass is 16.3. The predicted octanol–water partition coefficient (Wildman–Crippen LogP) is 12.7. The number of hydrogen-bond acceptors (Lipinski definition) is 4. The molecule has 0 radical (unpaired) electrons. The standard InChI is InChI=1S/C48H31N3O/c1-30-41(48-50-46(33-18-7-3-8-19-33)49-47(51-48)34-20-9-4-10-21-34)29-42(43-40-26-25-32-17-11-12-22-36(32)45(40)52-44(30)43)39-28-27-35(31-15-5-2-6-16-31)37-23-13-14-24-38(37)39/h2-29H,1H3. The zero-order valence-corrected chi connectivity index (χ0v) is 28.4. The van der Waals surface area contributed by atoms with Crippen LogP contribution in [-0.2, 0) is 0 Å². The Bertz CT molecular complexity index is 2890. The number of nitrogens with zero attached hydrogens (tertiary/aromatic N) is 3. The summed E-state index contributed by atoms with van der Waals surface area (Å²) in [5, 5.41) is 6.76. The van der Waals surface area contributed by atoms with Gasteiger partial charge in [0.1, 0.15) is 11.2 Å². The molecule has 0 saturated heterocycles. The first-order valence-electron chi connectivity index (χ1n) is 17.5. The van der Waals surface area contributed by atoms with Crippen molar-refractivity contribution in [3.63, 3.8) is 0 Å². The van der Waals surface area contributed by atoms with Crippen molar-refractivity contribution in [2.75, 3.05) is 0 Å². The van der Waals surface area contributed by atoms with Crippen LogP contribution in [0, 0.1) is 6.92 Å². The van der Waals surface area contributed by atoms with Crippen LogP contribution in [-0.4, -0.2) is 15.0 Å². The molecule has 2 heterocycles. The van der Waals surface area contributed by atoms with Gasteiger partial charge in [0.25, 0.3) is 0 Å². The van der Waals surface area contributed by atoms with Crippen LogP contribution in [0.25, 0.3) is 99.9 Å². The Morgan fingerprint density at radius 2 is 0.885 bits per heavy atom. The summed E-state index contributed by atoms with van der Waals surface area (Å²) in [6.07, 6.45) is 0. The van der Waals surface area contributed by atoms with Crippen molar-refractivity contribution < 1.29 is 4.42 Å². The van der Waals surface area contributed by atoms with Crippen molar-refractivity contribution in [2.24, 2.45) is 0 Å². The summed E-state index contributed by atoms with van der Waals surface area (Å²) in [6.45, 7) is 2.12. The van der Waals surface area contributed by atoms with Crippen LogP contribution < -0.4 is 0 Å². The lowest BCUT2D eigenvalue weighted by atomic mass is 9.88. The van der Waals surface area contributed by atoms with Gasteiger partial charge in [-0.2, -0.15) is 0 Å². The topological polar surface area (TPSA) is 51.8 Å². The van der Waals surface area contributed by atoms with Crippen molar-refractivity contribution in [1.82, 2.24) is 15.0 Å². The molecule has 4 nitrogen and oxygen atoms in total. The van der Waals surface area contributed by atoms with Crippen LogP contribution in [0.5, 0.6) is 0 Å². The predicted molar refractivity (Wildman–Crippen MR) is 214 cm³/mol. The molecule has 2 aromatic heterocycles. The fourth-order valence-electron chi connectivity index (χ4n) is 7.58. The molecule has 244 valence electrons. The Balaban J connectivity index is 1.31. The molecule has 8 aromatic carbocycles. The van der Waals surface area contributed by atoms with Gasteiger partial charge < -0.3 is 4.42 Å². The molecular formula is C48H31N3O. The van der Waals surface area contributed by atoms with E-state index in [4.69, 9.17) is 19.4 Å². The van der Waals surface area contributed by atoms with Gasteiger partial charge >= 0.3 is 0 Å². The molecule has 0 aliphatic carbocycles. The zero-order chi connectivity index (χ0) is 34.6. The molecule has 10 aromatic rings. The van der Waals surface area contributed by atoms with E-state index in [0.29, 0.717) is 17.5 Å². The van der Waals surface area contributed by atoms with Gasteiger partial charge in [-0.1, -0.05) is 158 Å². The van der Waals surface area contributed by atoms with E-state index in [-0.39, 0.29) is 0 Å². The first-order chi connectivity index (χ1) is 25.7. The first-order valence-corrected chi connectivity index (χ1v) is 17.5. The quantitative estimate of drug-likeness (QED) is 0.184. The molecule has 0 saturated carbocycles. The van der Waals surface area contributed by atoms with Gasteiger partial charge in [0.15, 0.2) is 17.5 Å². The van der Waals surface area contributed by atoms with Crippen LogP contribution in [0.1, 0.15) is 5.56 Å². The Kier molecular flexibility index (Phi) is 7.00. The maximum atomic E-state index is 6.98. The molecule has 0 atom stereocenters. The zero-order valence-electron chi connectivity index (χ0n) is 28.4. The Hall–Kier alpha value is -6.91. The molecule has 52 heavy (non-hydrogen) atoms. The van der Waals surface area contributed by atoms with Crippen LogP contribution in [0.4, 0.5) is 0 Å². The Labute approximate surface area is 300 Å². The normalized spacial score (nSPS) is 11.6. The summed E-state index contributed by atoms with van der Waals surface area (Å²) in [7, 11) is 0. The highest BCUT2D eigenvalue weighted by Gasteiger charge is 2.23. The van der Waals surface area contributed by atoms with E-state index in [0.717, 1.165) is 66.1 Å². The van der Waals surface area contributed by atoms with Crippen molar-refractivity contribution in [3.05, 3.63) is 175 Å². The monoisotopic (exact) mass is 665 g/mol. The summed E-state index contributed by atoms with van der Waals surface area (Å²) in [6, 6.07) is 59.1. The fraction of sp³-hybridized carbons (Fsp3) is 0.0208. The minimum absolute atomic E-state index is 0.601. The molecule has 10 rings (SSSR count). The number of benzene rings is 8. The number of aromatic nitrogens is 3. The lowest BCUT2D eigenvalue weighted by Gasteiger charge is -2.16. The third-order valence-electron chi connectivity index (χ3n) is 10.1. The minimum Gasteiger partial charge on any atom is -0.455 e. The van der Waals surface area contributed by atoms with Gasteiger partial charge in [-0.05, 0) is 57.5 Å². The van der Waals surface area contributed by atoms with E-state index in [2.05, 4.69) is 116 Å². The van der Waals surface area contributed by atoms with Crippen molar-refractivity contribution in [3.8, 4) is 56.4 Å². The van der Waals surface area contributed by atoms with E-state index in [9.17, 15) is 0 Å². The molecular weight excluding hydrogens is 635 g/mol. The number of aryl methyl sites for hydroxylation is 1. The molecule has 0 fully saturated rings. The van der Waals surface area contributed by atoms with E-state index in [1.54, 1.807) is 0 Å². The smallest absolute Gasteiger partial charge is 0.164 e. The molecule has 0 N–H and O–H groups in total. The van der Waals surface area contributed by atoms with Crippen molar-refractivity contribution in [2.45, 2.75) is 6.92 Å². The van der Waals surface area contributed by atoms with Crippen LogP contribution >= 0.6 is 0 Å². The first kappa shape index (κ1) is 30.0. The van der Waals surface area contributed by atoms with Gasteiger partial charge in [0.05, 0.1) is 0 Å². The van der Waals surface area contributed by atoms with Crippen LogP contribution in [0.15, 0.2) is 174 Å². The van der Waals surface area contributed by atoms with Gasteiger partial charge in [-0.15, -0.1) is 0 Å². The van der Waals surface area contributed by atoms with Crippen molar-refractivity contribution >= 4 is 43.5 Å². The van der Waals surface area contributed by atoms with E-state index in [1.807, 2.05) is 60.7 Å². The molecule has 0 spiro atoms. The van der Waals surface area contributed by atoms with Gasteiger partial charge in [0, 0.05) is 38.4 Å². The third kappa shape index (κ3) is 4.88. The second-order valence-electron chi connectivity index (χ2n) is 13.2. The fourth-order valence-corrected chi connectivity index (χ4v) is 7.58. The number of hydrogen-bond donors (Lipinski definition) is 0. The van der Waals surface area contributed by atoms with E-state index < -0.39 is 0 Å². The van der Waals surface area contributed by atoms with Gasteiger partial charge in [0.2, 0.25) is 0 Å². The summed E-state index contributed by atoms with van der Waals surface area (Å²) < 4.78 is 6.98. The lowest BCUT2D eigenvalue weighted by molar-refractivity contribution is 0.669. The molecule has 4 heteroatoms. The average Bonchev–Trinajstić information content (AvgIpc) is 3.63. The van der Waals surface area contributed by atoms with E-state index in [1.165, 1.54) is 21.9 Å². The lowest BCUT2D eigenvalue weighted by Crippen LogP contribution is -2.01. The molecule has 0 bridgehead atoms. The Morgan fingerprint density at radius 1 is 0.365 bits per heavy atom. The van der Waals surface area contributed by atoms with E-state index >= 15 is 0 Å². The molecule has 0 unspecified atom stereocenters. The minimum atomic E-state index is 0.601.